The molecule has 3 aromatic carbocycles. The molecule has 0 aromatic heterocycles. The van der Waals surface area contributed by atoms with Gasteiger partial charge in [-0.1, -0.05) is 72.8 Å². The van der Waals surface area contributed by atoms with Crippen molar-refractivity contribution in [3.05, 3.63) is 107 Å². The van der Waals surface area contributed by atoms with Gasteiger partial charge in [0.05, 0.1) is 0 Å². The molecule has 2 aliphatic carbocycles. The van der Waals surface area contributed by atoms with E-state index in [2.05, 4.69) is 48.5 Å². The van der Waals surface area contributed by atoms with Crippen molar-refractivity contribution in [2.75, 3.05) is 0 Å². The lowest BCUT2D eigenvalue weighted by Gasteiger charge is -2.06. The van der Waals surface area contributed by atoms with Gasteiger partial charge >= 0.3 is 0 Å². The lowest BCUT2D eigenvalue weighted by Crippen LogP contribution is -2.10. The molecule has 0 saturated heterocycles. The molecule has 2 heteroatoms. The van der Waals surface area contributed by atoms with Gasteiger partial charge < -0.3 is 0 Å². The first kappa shape index (κ1) is 15.3. The minimum absolute atomic E-state index is 0.0924. The highest BCUT2D eigenvalue weighted by Crippen LogP contribution is 2.35. The van der Waals surface area contributed by atoms with Crippen molar-refractivity contribution < 1.29 is 9.59 Å². The molecule has 2 aliphatic rings. The first-order valence-electron chi connectivity index (χ1n) is 8.26. The summed E-state index contributed by atoms with van der Waals surface area (Å²) in [6.07, 6.45) is 3.72. The standard InChI is InChI=1S/C13H10.C10H6O2/c1-3-7-12-10(5-1)9-11-6-2-4-8-13(11)12;11-9-5-6-10(12)8-4-2-1-3-7(8)9/h1-8H,9H2;1-6H. The van der Waals surface area contributed by atoms with E-state index in [1.54, 1.807) is 24.3 Å². The average Bonchev–Trinajstić information content (AvgIpc) is 3.04. The predicted molar refractivity (Wildman–Crippen MR) is 98.9 cm³/mol. The smallest absolute Gasteiger partial charge is 0.186 e. The molecule has 0 fully saturated rings. The van der Waals surface area contributed by atoms with E-state index in [-0.39, 0.29) is 11.6 Å². The Balaban J connectivity index is 0.000000126. The summed E-state index contributed by atoms with van der Waals surface area (Å²) in [5.41, 5.74) is 6.76. The Morgan fingerprint density at radius 3 is 1.28 bits per heavy atom. The maximum absolute atomic E-state index is 11.2. The maximum Gasteiger partial charge on any atom is 0.186 e. The maximum atomic E-state index is 11.2. The van der Waals surface area contributed by atoms with Crippen LogP contribution < -0.4 is 0 Å². The normalized spacial score (nSPS) is 13.4. The average molecular weight is 324 g/mol. The quantitative estimate of drug-likeness (QED) is 0.462. The first-order chi connectivity index (χ1) is 12.2. The molecule has 0 spiro atoms. The molecule has 2 nitrogen and oxygen atoms in total. The van der Waals surface area contributed by atoms with Crippen LogP contribution in [0.4, 0.5) is 0 Å². The molecule has 0 radical (unpaired) electrons. The zero-order chi connectivity index (χ0) is 17.2. The number of benzene rings is 3. The van der Waals surface area contributed by atoms with Gasteiger partial charge in [-0.15, -0.1) is 0 Å². The highest BCUT2D eigenvalue weighted by atomic mass is 16.1. The van der Waals surface area contributed by atoms with Crippen LogP contribution in [0.2, 0.25) is 0 Å². The largest absolute Gasteiger partial charge is 0.289 e. The zero-order valence-corrected chi connectivity index (χ0v) is 13.6. The number of allylic oxidation sites excluding steroid dienone is 2. The summed E-state index contributed by atoms with van der Waals surface area (Å²) in [6.45, 7) is 0. The van der Waals surface area contributed by atoms with E-state index < -0.39 is 0 Å². The van der Waals surface area contributed by atoms with Gasteiger partial charge in [0.1, 0.15) is 0 Å². The molecule has 25 heavy (non-hydrogen) atoms. The van der Waals surface area contributed by atoms with Gasteiger partial charge in [-0.2, -0.15) is 0 Å². The van der Waals surface area contributed by atoms with Crippen molar-refractivity contribution >= 4 is 11.6 Å². The number of rotatable bonds is 0. The fraction of sp³-hybridized carbons (Fsp3) is 0.0435. The summed E-state index contributed by atoms with van der Waals surface area (Å²) < 4.78 is 0. The number of carbonyl (C=O) groups excluding carboxylic acids is 2. The van der Waals surface area contributed by atoms with Gasteiger partial charge in [0.25, 0.3) is 0 Å². The van der Waals surface area contributed by atoms with Crippen LogP contribution in [0.1, 0.15) is 31.8 Å². The van der Waals surface area contributed by atoms with Crippen molar-refractivity contribution in [1.29, 1.82) is 0 Å². The topological polar surface area (TPSA) is 34.1 Å². The van der Waals surface area contributed by atoms with E-state index in [1.807, 2.05) is 0 Å². The van der Waals surface area contributed by atoms with E-state index in [4.69, 9.17) is 0 Å². The molecule has 3 aromatic rings. The van der Waals surface area contributed by atoms with E-state index >= 15 is 0 Å². The molecule has 0 heterocycles. The van der Waals surface area contributed by atoms with Crippen LogP contribution in [-0.4, -0.2) is 11.6 Å². The van der Waals surface area contributed by atoms with Gasteiger partial charge in [-0.05, 0) is 40.8 Å². The number of carbonyl (C=O) groups is 2. The monoisotopic (exact) mass is 324 g/mol. The second-order valence-electron chi connectivity index (χ2n) is 6.10. The van der Waals surface area contributed by atoms with Gasteiger partial charge in [-0.3, -0.25) is 9.59 Å². The Labute approximate surface area is 146 Å². The van der Waals surface area contributed by atoms with E-state index in [9.17, 15) is 9.59 Å². The van der Waals surface area contributed by atoms with Crippen LogP contribution in [-0.2, 0) is 6.42 Å². The van der Waals surface area contributed by atoms with Gasteiger partial charge in [0.15, 0.2) is 11.6 Å². The lowest BCUT2D eigenvalue weighted by molar-refractivity contribution is 0.0994. The summed E-state index contributed by atoms with van der Waals surface area (Å²) in [5.74, 6) is -0.185. The Kier molecular flexibility index (Phi) is 3.87. The summed E-state index contributed by atoms with van der Waals surface area (Å²) >= 11 is 0. The molecule has 0 atom stereocenters. The Bertz CT molecular complexity index is 931. The molecule has 120 valence electrons. The highest BCUT2D eigenvalue weighted by molar-refractivity contribution is 6.21. The third-order valence-electron chi connectivity index (χ3n) is 4.55. The summed E-state index contributed by atoms with van der Waals surface area (Å²) in [4.78, 5) is 22.4. The fourth-order valence-corrected chi connectivity index (χ4v) is 3.32. The molecule has 5 rings (SSSR count). The van der Waals surface area contributed by atoms with E-state index in [0.717, 1.165) is 6.42 Å². The van der Waals surface area contributed by atoms with Crippen LogP contribution in [0.15, 0.2) is 84.9 Å². The molecule has 0 aliphatic heterocycles. The summed E-state index contributed by atoms with van der Waals surface area (Å²) in [7, 11) is 0. The van der Waals surface area contributed by atoms with Gasteiger partial charge in [0, 0.05) is 11.1 Å². The third-order valence-corrected chi connectivity index (χ3v) is 4.55. The minimum atomic E-state index is -0.0924. The van der Waals surface area contributed by atoms with Crippen LogP contribution in [0.5, 0.6) is 0 Å². The van der Waals surface area contributed by atoms with Gasteiger partial charge in [-0.25, -0.2) is 0 Å². The summed E-state index contributed by atoms with van der Waals surface area (Å²) in [6, 6.07) is 24.1. The van der Waals surface area contributed by atoms with Crippen LogP contribution in [0.25, 0.3) is 11.1 Å². The second-order valence-corrected chi connectivity index (χ2v) is 6.10. The summed E-state index contributed by atoms with van der Waals surface area (Å²) in [5, 5.41) is 0. The highest BCUT2D eigenvalue weighted by Gasteiger charge is 2.17. The van der Waals surface area contributed by atoms with Crippen LogP contribution in [0, 0.1) is 0 Å². The second kappa shape index (κ2) is 6.33. The molecule has 0 saturated carbocycles. The first-order valence-corrected chi connectivity index (χ1v) is 8.26. The van der Waals surface area contributed by atoms with Gasteiger partial charge in [0.2, 0.25) is 0 Å². The number of fused-ring (bicyclic) bond motifs is 4. The third kappa shape index (κ3) is 2.83. The van der Waals surface area contributed by atoms with Crippen molar-refractivity contribution in [2.24, 2.45) is 0 Å². The Hall–Kier alpha value is -3.26. The molecule has 0 unspecified atom stereocenters. The number of hydrogen-bond donors (Lipinski definition) is 0. The molecule has 0 bridgehead atoms. The SMILES string of the molecule is O=C1C=CC(=O)c2ccccc21.c1ccc2c(c1)Cc1ccccc1-2. The van der Waals surface area contributed by atoms with Crippen molar-refractivity contribution in [1.82, 2.24) is 0 Å². The van der Waals surface area contributed by atoms with Crippen molar-refractivity contribution in [3.8, 4) is 11.1 Å². The fourth-order valence-electron chi connectivity index (χ4n) is 3.32. The molecule has 0 N–H and O–H groups in total. The Morgan fingerprint density at radius 2 is 0.840 bits per heavy atom. The number of ketones is 2. The van der Waals surface area contributed by atoms with Crippen LogP contribution in [0.3, 0.4) is 0 Å². The molecular weight excluding hydrogens is 308 g/mol. The minimum Gasteiger partial charge on any atom is -0.289 e. The predicted octanol–water partition coefficient (Wildman–Crippen LogP) is 4.88. The van der Waals surface area contributed by atoms with Crippen molar-refractivity contribution in [2.45, 2.75) is 6.42 Å². The zero-order valence-electron chi connectivity index (χ0n) is 13.6. The van der Waals surface area contributed by atoms with E-state index in [0.29, 0.717) is 11.1 Å². The van der Waals surface area contributed by atoms with E-state index in [1.165, 1.54) is 34.4 Å². The number of hydrogen-bond acceptors (Lipinski definition) is 2. The van der Waals surface area contributed by atoms with Crippen molar-refractivity contribution in [3.63, 3.8) is 0 Å². The molecular formula is C23H16O2. The lowest BCUT2D eigenvalue weighted by atomic mass is 9.95. The molecule has 0 amide bonds. The van der Waals surface area contributed by atoms with Crippen LogP contribution >= 0.6 is 0 Å². The Morgan fingerprint density at radius 1 is 0.480 bits per heavy atom.